The van der Waals surface area contributed by atoms with E-state index in [2.05, 4.69) is 45.0 Å². The van der Waals surface area contributed by atoms with Crippen LogP contribution in [-0.4, -0.2) is 22.2 Å². The van der Waals surface area contributed by atoms with Gasteiger partial charge in [0.1, 0.15) is 11.3 Å². The van der Waals surface area contributed by atoms with Crippen LogP contribution < -0.4 is 10.2 Å². The van der Waals surface area contributed by atoms with E-state index in [-0.39, 0.29) is 17.5 Å². The number of benzene rings is 2. The summed E-state index contributed by atoms with van der Waals surface area (Å²) in [7, 11) is 0. The quantitative estimate of drug-likeness (QED) is 0.662. The van der Waals surface area contributed by atoms with Gasteiger partial charge in [0.25, 0.3) is 0 Å². The number of carboxylic acid groups (broad SMARTS) is 1. The summed E-state index contributed by atoms with van der Waals surface area (Å²) in [6.07, 6.45) is 3.17. The van der Waals surface area contributed by atoms with Gasteiger partial charge in [-0.25, -0.2) is 4.79 Å². The fourth-order valence-electron chi connectivity index (χ4n) is 5.00. The molecular formula is C26H25NO4. The molecular weight excluding hydrogens is 390 g/mol. The molecule has 1 N–H and O–H groups in total. The number of pyridine rings is 1. The summed E-state index contributed by atoms with van der Waals surface area (Å²) < 4.78 is 8.10. The number of hydrogen-bond donors (Lipinski definition) is 1. The van der Waals surface area contributed by atoms with Gasteiger partial charge in [-0.2, -0.15) is 0 Å². The molecule has 0 amide bonds. The van der Waals surface area contributed by atoms with Gasteiger partial charge in [-0.05, 0) is 36.5 Å². The van der Waals surface area contributed by atoms with Crippen LogP contribution in [0.15, 0.2) is 47.4 Å². The molecule has 0 bridgehead atoms. The Bertz CT molecular complexity index is 1290. The van der Waals surface area contributed by atoms with E-state index in [4.69, 9.17) is 4.74 Å². The highest BCUT2D eigenvalue weighted by atomic mass is 16.5. The minimum Gasteiger partial charge on any atom is -0.492 e. The third-order valence-electron chi connectivity index (χ3n) is 6.55. The monoisotopic (exact) mass is 415 g/mol. The Morgan fingerprint density at radius 1 is 1.16 bits per heavy atom. The molecule has 0 unspecified atom stereocenters. The van der Waals surface area contributed by atoms with Crippen LogP contribution in [0.4, 0.5) is 0 Å². The number of hydrogen-bond acceptors (Lipinski definition) is 3. The maximum Gasteiger partial charge on any atom is 0.341 e. The SMILES string of the molecule is Cc1cccc(-c2cc3c(c4c2OCC4)C[C@@H](C(C)C)n2cc(C(=O)O)c(=O)cc2-3)c1. The molecule has 0 saturated carbocycles. The number of carbonyl (C=O) groups is 1. The van der Waals surface area contributed by atoms with Crippen LogP contribution in [0, 0.1) is 12.8 Å². The van der Waals surface area contributed by atoms with Crippen molar-refractivity contribution in [3.05, 3.63) is 75.1 Å². The normalized spacial score (nSPS) is 16.5. The van der Waals surface area contributed by atoms with Gasteiger partial charge in [-0.1, -0.05) is 43.7 Å². The average Bonchev–Trinajstić information content (AvgIpc) is 3.22. The maximum atomic E-state index is 12.6. The predicted molar refractivity (Wildman–Crippen MR) is 120 cm³/mol. The van der Waals surface area contributed by atoms with E-state index >= 15 is 0 Å². The van der Waals surface area contributed by atoms with Crippen molar-refractivity contribution >= 4 is 5.97 Å². The van der Waals surface area contributed by atoms with Gasteiger partial charge in [-0.15, -0.1) is 0 Å². The van der Waals surface area contributed by atoms with Gasteiger partial charge in [0.05, 0.1) is 12.3 Å². The lowest BCUT2D eigenvalue weighted by molar-refractivity contribution is 0.0694. The molecule has 5 nitrogen and oxygen atoms in total. The zero-order valence-corrected chi connectivity index (χ0v) is 17.9. The van der Waals surface area contributed by atoms with E-state index in [1.807, 2.05) is 10.6 Å². The molecule has 2 aliphatic rings. The van der Waals surface area contributed by atoms with Crippen molar-refractivity contribution < 1.29 is 14.6 Å². The van der Waals surface area contributed by atoms with Crippen LogP contribution in [0.5, 0.6) is 5.75 Å². The predicted octanol–water partition coefficient (Wildman–Crippen LogP) is 4.88. The van der Waals surface area contributed by atoms with Crippen molar-refractivity contribution in [1.82, 2.24) is 4.57 Å². The molecule has 0 fully saturated rings. The summed E-state index contributed by atoms with van der Waals surface area (Å²) in [5.74, 6) is 0.0479. The molecule has 0 aliphatic carbocycles. The summed E-state index contributed by atoms with van der Waals surface area (Å²) in [5.41, 5.74) is 6.90. The number of aryl methyl sites for hydroxylation is 1. The number of carboxylic acids is 1. The summed E-state index contributed by atoms with van der Waals surface area (Å²) in [6.45, 7) is 6.99. The van der Waals surface area contributed by atoms with Gasteiger partial charge < -0.3 is 14.4 Å². The van der Waals surface area contributed by atoms with Crippen LogP contribution in [0.25, 0.3) is 22.4 Å². The molecule has 0 saturated heterocycles. The van der Waals surface area contributed by atoms with Crippen molar-refractivity contribution in [1.29, 1.82) is 0 Å². The fourth-order valence-corrected chi connectivity index (χ4v) is 5.00. The minimum absolute atomic E-state index is 0.0794. The second-order valence-electron chi connectivity index (χ2n) is 8.89. The second kappa shape index (κ2) is 7.12. The van der Waals surface area contributed by atoms with E-state index in [0.717, 1.165) is 41.0 Å². The van der Waals surface area contributed by atoms with Crippen molar-refractivity contribution in [3.63, 3.8) is 0 Å². The van der Waals surface area contributed by atoms with Crippen LogP contribution in [-0.2, 0) is 12.8 Å². The van der Waals surface area contributed by atoms with Crippen molar-refractivity contribution in [3.8, 4) is 28.1 Å². The summed E-state index contributed by atoms with van der Waals surface area (Å²) in [6, 6.07) is 12.0. The summed E-state index contributed by atoms with van der Waals surface area (Å²) in [5, 5.41) is 9.50. The van der Waals surface area contributed by atoms with Gasteiger partial charge in [0.15, 0.2) is 5.43 Å². The Hall–Kier alpha value is -3.34. The summed E-state index contributed by atoms with van der Waals surface area (Å²) >= 11 is 0. The molecule has 5 rings (SSSR count). The molecule has 158 valence electrons. The van der Waals surface area contributed by atoms with E-state index in [9.17, 15) is 14.7 Å². The zero-order chi connectivity index (χ0) is 21.9. The lowest BCUT2D eigenvalue weighted by Crippen LogP contribution is -2.28. The topological polar surface area (TPSA) is 68.5 Å². The first-order valence-corrected chi connectivity index (χ1v) is 10.7. The standard InChI is InChI=1S/C26H25NO4/c1-14(2)22-11-19-17-7-8-31-25(17)18(16-6-4-5-15(3)9-16)10-20(19)23-12-24(28)21(26(29)30)13-27(22)23/h4-6,9-10,12-14,22H,7-8,11H2,1-3H3,(H,29,30)/t22-/m0/s1. The first-order valence-electron chi connectivity index (χ1n) is 10.7. The van der Waals surface area contributed by atoms with E-state index in [1.54, 1.807) is 0 Å². The van der Waals surface area contributed by atoms with E-state index in [1.165, 1.54) is 29.0 Å². The average molecular weight is 415 g/mol. The zero-order valence-electron chi connectivity index (χ0n) is 17.9. The fraction of sp³-hybridized carbons (Fsp3) is 0.308. The third-order valence-corrected chi connectivity index (χ3v) is 6.55. The Morgan fingerprint density at radius 2 is 1.97 bits per heavy atom. The Morgan fingerprint density at radius 3 is 2.68 bits per heavy atom. The van der Waals surface area contributed by atoms with E-state index in [0.29, 0.717) is 6.61 Å². The van der Waals surface area contributed by atoms with Gasteiger partial charge in [0.2, 0.25) is 0 Å². The number of fused-ring (bicyclic) bond motifs is 5. The van der Waals surface area contributed by atoms with E-state index < -0.39 is 11.4 Å². The molecule has 1 aromatic heterocycles. The van der Waals surface area contributed by atoms with Crippen molar-refractivity contribution in [2.45, 2.75) is 39.7 Å². The second-order valence-corrected chi connectivity index (χ2v) is 8.89. The molecule has 3 aromatic rings. The number of nitrogens with zero attached hydrogens (tertiary/aromatic N) is 1. The highest BCUT2D eigenvalue weighted by molar-refractivity contribution is 5.88. The first-order chi connectivity index (χ1) is 14.8. The van der Waals surface area contributed by atoms with Crippen LogP contribution >= 0.6 is 0 Å². The molecule has 3 heterocycles. The molecule has 0 spiro atoms. The lowest BCUT2D eigenvalue weighted by atomic mass is 9.82. The number of ether oxygens (including phenoxy) is 1. The van der Waals surface area contributed by atoms with Gasteiger partial charge in [0, 0.05) is 41.4 Å². The largest absolute Gasteiger partial charge is 0.492 e. The third kappa shape index (κ3) is 3.07. The Kier molecular flexibility index (Phi) is 4.50. The van der Waals surface area contributed by atoms with Crippen molar-refractivity contribution in [2.24, 2.45) is 5.92 Å². The van der Waals surface area contributed by atoms with Crippen LogP contribution in [0.3, 0.4) is 0 Å². The molecule has 31 heavy (non-hydrogen) atoms. The molecule has 1 atom stereocenters. The lowest BCUT2D eigenvalue weighted by Gasteiger charge is -2.34. The molecule has 2 aromatic carbocycles. The minimum atomic E-state index is -1.18. The van der Waals surface area contributed by atoms with Crippen molar-refractivity contribution in [2.75, 3.05) is 6.61 Å². The van der Waals surface area contributed by atoms with Gasteiger partial charge in [-0.3, -0.25) is 4.79 Å². The van der Waals surface area contributed by atoms with Crippen LogP contribution in [0.2, 0.25) is 0 Å². The number of aromatic nitrogens is 1. The maximum absolute atomic E-state index is 12.6. The van der Waals surface area contributed by atoms with Gasteiger partial charge >= 0.3 is 5.97 Å². The van der Waals surface area contributed by atoms with Crippen LogP contribution in [0.1, 0.15) is 46.9 Å². The number of aromatic carboxylic acids is 1. The molecule has 2 aliphatic heterocycles. The first kappa shape index (κ1) is 19.6. The number of rotatable bonds is 3. The summed E-state index contributed by atoms with van der Waals surface area (Å²) in [4.78, 5) is 24.3. The highest BCUT2D eigenvalue weighted by Crippen LogP contribution is 2.47. The Balaban J connectivity index is 1.82. The smallest absolute Gasteiger partial charge is 0.341 e. The highest BCUT2D eigenvalue weighted by Gasteiger charge is 2.33. The molecule has 5 heteroatoms. The molecule has 0 radical (unpaired) electrons. The Labute approximate surface area is 180 Å².